The second kappa shape index (κ2) is 2.54. The number of hydrazine groups is 1. The Morgan fingerprint density at radius 3 is 2.89 bits per heavy atom. The van der Waals surface area contributed by atoms with Gasteiger partial charge in [-0.15, -0.1) is 0 Å². The van der Waals surface area contributed by atoms with E-state index in [0.717, 1.165) is 4.48 Å². The largest absolute Gasteiger partial charge is 0.312 e. The van der Waals surface area contributed by atoms with Gasteiger partial charge in [0.05, 0.1) is 6.04 Å². The van der Waals surface area contributed by atoms with E-state index in [1.807, 2.05) is 25.3 Å². The Hall–Kier alpha value is -0.280. The van der Waals surface area contributed by atoms with Crippen molar-refractivity contribution in [2.45, 2.75) is 13.0 Å². The average Bonchev–Trinajstić information content (AvgIpc) is 1.80. The topological polar surface area (TPSA) is 29.3 Å². The quantitative estimate of drug-likeness (QED) is 0.583. The monoisotopic (exact) mass is 188 g/mol. The molecule has 0 amide bonds. The van der Waals surface area contributed by atoms with Crippen molar-refractivity contribution >= 4 is 15.9 Å². The summed E-state index contributed by atoms with van der Waals surface area (Å²) in [5.41, 5.74) is 0. The fourth-order valence-electron chi connectivity index (χ4n) is 0.665. The highest BCUT2D eigenvalue weighted by atomic mass is 79.9. The van der Waals surface area contributed by atoms with Gasteiger partial charge in [-0.05, 0) is 19.1 Å². The van der Waals surface area contributed by atoms with Crippen LogP contribution in [0.25, 0.3) is 0 Å². The maximum Gasteiger partial charge on any atom is 0.0611 e. The summed E-state index contributed by atoms with van der Waals surface area (Å²) in [6.07, 6.45) is 5.80. The molecule has 1 unspecified atom stereocenters. The molecule has 0 aromatic rings. The minimum atomic E-state index is 0.296. The molecule has 0 aromatic carbocycles. The highest BCUT2D eigenvalue weighted by Gasteiger charge is 2.05. The number of rotatable bonds is 0. The van der Waals surface area contributed by atoms with Crippen molar-refractivity contribution in [2.75, 3.05) is 0 Å². The molecule has 0 bridgehead atoms. The van der Waals surface area contributed by atoms with Crippen molar-refractivity contribution in [2.24, 2.45) is 5.84 Å². The molecule has 0 saturated carbocycles. The zero-order valence-electron chi connectivity index (χ0n) is 5.21. The molecule has 0 aliphatic carbocycles. The molecule has 1 aliphatic rings. The van der Waals surface area contributed by atoms with Crippen LogP contribution >= 0.6 is 15.9 Å². The lowest BCUT2D eigenvalue weighted by atomic mass is 10.2. The van der Waals surface area contributed by atoms with Crippen LogP contribution in [-0.4, -0.2) is 11.1 Å². The average molecular weight is 189 g/mol. The van der Waals surface area contributed by atoms with Crippen LogP contribution in [0, 0.1) is 0 Å². The molecule has 0 aromatic heterocycles. The summed E-state index contributed by atoms with van der Waals surface area (Å²) in [6, 6.07) is 0.296. The van der Waals surface area contributed by atoms with E-state index < -0.39 is 0 Å². The molecule has 9 heavy (non-hydrogen) atoms. The van der Waals surface area contributed by atoms with Gasteiger partial charge < -0.3 is 5.01 Å². The molecule has 0 radical (unpaired) electrons. The number of nitrogens with zero attached hydrogens (tertiary/aromatic N) is 1. The second-order valence-electron chi connectivity index (χ2n) is 2.06. The van der Waals surface area contributed by atoms with Crippen molar-refractivity contribution in [3.05, 3.63) is 22.8 Å². The Morgan fingerprint density at radius 2 is 2.44 bits per heavy atom. The van der Waals surface area contributed by atoms with Gasteiger partial charge in [-0.3, -0.25) is 0 Å². The zero-order valence-corrected chi connectivity index (χ0v) is 6.80. The van der Waals surface area contributed by atoms with Crippen LogP contribution in [0.5, 0.6) is 0 Å². The van der Waals surface area contributed by atoms with Crippen molar-refractivity contribution in [1.82, 2.24) is 5.01 Å². The van der Waals surface area contributed by atoms with E-state index >= 15 is 0 Å². The summed E-state index contributed by atoms with van der Waals surface area (Å²) in [5.74, 6) is 5.52. The molecule has 1 heterocycles. The minimum absolute atomic E-state index is 0.296. The molecule has 1 atom stereocenters. The molecule has 50 valence electrons. The third-order valence-electron chi connectivity index (χ3n) is 1.28. The normalized spacial score (nSPS) is 26.3. The lowest BCUT2D eigenvalue weighted by molar-refractivity contribution is 0.346. The number of halogens is 1. The van der Waals surface area contributed by atoms with E-state index in [1.54, 1.807) is 5.01 Å². The van der Waals surface area contributed by atoms with E-state index in [4.69, 9.17) is 5.84 Å². The molecule has 0 spiro atoms. The summed E-state index contributed by atoms with van der Waals surface area (Å²) in [7, 11) is 0. The Labute approximate surface area is 63.1 Å². The van der Waals surface area contributed by atoms with Crippen molar-refractivity contribution in [3.63, 3.8) is 0 Å². The molecule has 1 aliphatic heterocycles. The molecular formula is C6H9BrN2. The lowest BCUT2D eigenvalue weighted by Gasteiger charge is -2.22. The van der Waals surface area contributed by atoms with Crippen LogP contribution in [0.3, 0.4) is 0 Å². The van der Waals surface area contributed by atoms with E-state index in [0.29, 0.717) is 6.04 Å². The first-order valence-electron chi connectivity index (χ1n) is 2.78. The zero-order chi connectivity index (χ0) is 6.85. The third-order valence-corrected chi connectivity index (χ3v) is 1.81. The van der Waals surface area contributed by atoms with Crippen LogP contribution in [0.15, 0.2) is 22.8 Å². The molecule has 0 fully saturated rings. The number of allylic oxidation sites excluding steroid dienone is 2. The number of hydrogen-bond donors (Lipinski definition) is 1. The number of nitrogens with two attached hydrogens (primary N) is 1. The van der Waals surface area contributed by atoms with Gasteiger partial charge in [0, 0.05) is 10.7 Å². The van der Waals surface area contributed by atoms with Gasteiger partial charge in [-0.1, -0.05) is 15.9 Å². The highest BCUT2D eigenvalue weighted by molar-refractivity contribution is 9.11. The number of hydrogen-bond acceptors (Lipinski definition) is 2. The Balaban J connectivity index is 2.70. The molecule has 0 saturated heterocycles. The lowest BCUT2D eigenvalue weighted by Crippen LogP contribution is -2.34. The standard InChI is InChI=1S/C6H9BrN2/c1-5-4-6(7)2-3-9(5)8/h2-5H,8H2,1H3. The van der Waals surface area contributed by atoms with Crippen molar-refractivity contribution in [1.29, 1.82) is 0 Å². The molecule has 3 heteroatoms. The molecule has 2 N–H and O–H groups in total. The van der Waals surface area contributed by atoms with Gasteiger partial charge in [0.1, 0.15) is 0 Å². The van der Waals surface area contributed by atoms with Crippen LogP contribution in [0.1, 0.15) is 6.92 Å². The fourth-order valence-corrected chi connectivity index (χ4v) is 1.17. The third kappa shape index (κ3) is 1.56. The smallest absolute Gasteiger partial charge is 0.0611 e. The van der Waals surface area contributed by atoms with E-state index in [9.17, 15) is 0 Å². The summed E-state index contributed by atoms with van der Waals surface area (Å²) in [4.78, 5) is 0. The van der Waals surface area contributed by atoms with Crippen LogP contribution in [0.4, 0.5) is 0 Å². The first-order chi connectivity index (χ1) is 4.20. The maximum atomic E-state index is 5.52. The summed E-state index contributed by atoms with van der Waals surface area (Å²) in [5, 5.41) is 1.66. The predicted molar refractivity (Wildman–Crippen MR) is 41.6 cm³/mol. The molecule has 1 rings (SSSR count). The van der Waals surface area contributed by atoms with Gasteiger partial charge in [0.2, 0.25) is 0 Å². The maximum absolute atomic E-state index is 5.52. The van der Waals surface area contributed by atoms with Crippen LogP contribution in [-0.2, 0) is 0 Å². The summed E-state index contributed by atoms with van der Waals surface area (Å²) in [6.45, 7) is 2.03. The first-order valence-corrected chi connectivity index (χ1v) is 3.58. The fraction of sp³-hybridized carbons (Fsp3) is 0.333. The van der Waals surface area contributed by atoms with Gasteiger partial charge in [0.15, 0.2) is 0 Å². The Bertz CT molecular complexity index is 162. The van der Waals surface area contributed by atoms with Crippen molar-refractivity contribution < 1.29 is 0 Å². The van der Waals surface area contributed by atoms with E-state index in [-0.39, 0.29) is 0 Å². The van der Waals surface area contributed by atoms with E-state index in [2.05, 4.69) is 15.9 Å². The SMILES string of the molecule is CC1C=C(Br)C=CN1N. The van der Waals surface area contributed by atoms with Gasteiger partial charge in [-0.2, -0.15) is 0 Å². The summed E-state index contributed by atoms with van der Waals surface area (Å²) < 4.78 is 1.09. The van der Waals surface area contributed by atoms with Crippen LogP contribution < -0.4 is 5.84 Å². The Morgan fingerprint density at radius 1 is 1.78 bits per heavy atom. The minimum Gasteiger partial charge on any atom is -0.312 e. The molecule has 2 nitrogen and oxygen atoms in total. The Kier molecular flexibility index (Phi) is 1.93. The molecular weight excluding hydrogens is 180 g/mol. The van der Waals surface area contributed by atoms with E-state index in [1.165, 1.54) is 0 Å². The van der Waals surface area contributed by atoms with Crippen molar-refractivity contribution in [3.8, 4) is 0 Å². The predicted octanol–water partition coefficient (Wildman–Crippen LogP) is 1.36. The van der Waals surface area contributed by atoms with Gasteiger partial charge >= 0.3 is 0 Å². The van der Waals surface area contributed by atoms with Gasteiger partial charge in [-0.25, -0.2) is 5.84 Å². The first kappa shape index (κ1) is 6.83. The second-order valence-corrected chi connectivity index (χ2v) is 2.97. The summed E-state index contributed by atoms with van der Waals surface area (Å²) >= 11 is 3.35. The van der Waals surface area contributed by atoms with Crippen LogP contribution in [0.2, 0.25) is 0 Å². The highest BCUT2D eigenvalue weighted by Crippen LogP contribution is 2.14. The van der Waals surface area contributed by atoms with Gasteiger partial charge in [0.25, 0.3) is 0 Å².